The number of rotatable bonds is 16. The summed E-state index contributed by atoms with van der Waals surface area (Å²) in [5, 5.41) is 4.27. The van der Waals surface area contributed by atoms with Crippen molar-refractivity contribution in [3.8, 4) is 0 Å². The van der Waals surface area contributed by atoms with Crippen LogP contribution in [0.2, 0.25) is 0 Å². The van der Waals surface area contributed by atoms with E-state index in [0.717, 1.165) is 21.2 Å². The zero-order valence-electron chi connectivity index (χ0n) is 26.2. The van der Waals surface area contributed by atoms with Crippen LogP contribution in [0.4, 0.5) is 0 Å². The summed E-state index contributed by atoms with van der Waals surface area (Å²) in [7, 11) is -5.64. The molecule has 6 nitrogen and oxygen atoms in total. The summed E-state index contributed by atoms with van der Waals surface area (Å²) in [5.74, 6) is 0.527. The van der Waals surface area contributed by atoms with Crippen molar-refractivity contribution in [3.05, 3.63) is 121 Å². The minimum absolute atomic E-state index is 0.391. The standard InChI is InChI=1S/C33H42N2O4P4S2/c1-5-36-42(44,37-6-2)34-40(30-21-13-9-14-22-30,31-23-15-10-16-24-31)29-41(32-25-17-11-18-26-32,33-27-19-12-20-28-33)35-43(45,38-7-3)39-8-4/h9-28H,5-8,29H2,1-4H3. The van der Waals surface area contributed by atoms with E-state index in [2.05, 4.69) is 97.1 Å². The van der Waals surface area contributed by atoms with Crippen LogP contribution in [0.3, 0.4) is 0 Å². The Bertz CT molecular complexity index is 1480. The molecule has 4 aromatic rings. The van der Waals surface area contributed by atoms with Crippen molar-refractivity contribution in [2.24, 2.45) is 9.03 Å². The first kappa shape index (κ1) is 36.3. The molecular formula is C33H42N2O4P4S2. The lowest BCUT2D eigenvalue weighted by Gasteiger charge is -2.37. The molecule has 0 unspecified atom stereocenters. The molecule has 0 saturated carbocycles. The monoisotopic (exact) mass is 718 g/mol. The van der Waals surface area contributed by atoms with Crippen LogP contribution in [0.15, 0.2) is 130 Å². The molecule has 0 fully saturated rings. The Kier molecular flexibility index (Phi) is 13.8. The van der Waals surface area contributed by atoms with Crippen molar-refractivity contribution in [3.63, 3.8) is 0 Å². The van der Waals surface area contributed by atoms with Crippen LogP contribution in [-0.2, 0) is 41.7 Å². The molecule has 4 aromatic carbocycles. The maximum atomic E-state index is 6.26. The smallest absolute Gasteiger partial charge is 0.308 e. The van der Waals surface area contributed by atoms with Crippen LogP contribution in [-0.4, -0.2) is 32.3 Å². The van der Waals surface area contributed by atoms with E-state index in [1.54, 1.807) is 0 Å². The zero-order chi connectivity index (χ0) is 32.2. The molecule has 0 N–H and O–H groups in total. The lowest BCUT2D eigenvalue weighted by molar-refractivity contribution is 0.267. The van der Waals surface area contributed by atoms with Gasteiger partial charge in [-0.05, 0) is 72.5 Å². The molecule has 0 amide bonds. The molecule has 0 heterocycles. The molecule has 0 aliphatic rings. The Labute approximate surface area is 279 Å². The molecule has 0 bridgehead atoms. The Morgan fingerprint density at radius 3 is 0.844 bits per heavy atom. The second-order valence-corrected chi connectivity index (χ2v) is 23.2. The van der Waals surface area contributed by atoms with Gasteiger partial charge in [-0.1, -0.05) is 121 Å². The minimum atomic E-state index is -3.11. The quantitative estimate of drug-likeness (QED) is 0.108. The van der Waals surface area contributed by atoms with Crippen molar-refractivity contribution >= 4 is 72.2 Å². The topological polar surface area (TPSA) is 61.6 Å². The van der Waals surface area contributed by atoms with Crippen LogP contribution < -0.4 is 21.2 Å². The van der Waals surface area contributed by atoms with E-state index in [9.17, 15) is 0 Å². The van der Waals surface area contributed by atoms with Crippen molar-refractivity contribution in [2.75, 3.05) is 32.3 Å². The fraction of sp³-hybridized carbons (Fsp3) is 0.273. The van der Waals surface area contributed by atoms with E-state index in [1.807, 2.05) is 52.0 Å². The predicted molar refractivity (Wildman–Crippen MR) is 203 cm³/mol. The zero-order valence-corrected chi connectivity index (χ0v) is 31.4. The maximum absolute atomic E-state index is 6.26. The van der Waals surface area contributed by atoms with Gasteiger partial charge in [0.2, 0.25) is 0 Å². The molecule has 240 valence electrons. The van der Waals surface area contributed by atoms with Gasteiger partial charge < -0.3 is 18.1 Å². The van der Waals surface area contributed by atoms with E-state index in [4.69, 9.17) is 50.7 Å². The Morgan fingerprint density at radius 1 is 0.422 bits per heavy atom. The molecule has 45 heavy (non-hydrogen) atoms. The lowest BCUT2D eigenvalue weighted by Crippen LogP contribution is -2.26. The molecule has 0 radical (unpaired) electrons. The molecule has 0 saturated heterocycles. The predicted octanol–water partition coefficient (Wildman–Crippen LogP) is 9.24. The van der Waals surface area contributed by atoms with Gasteiger partial charge in [-0.3, -0.25) is 0 Å². The van der Waals surface area contributed by atoms with Gasteiger partial charge in [0.15, 0.2) is 0 Å². The van der Waals surface area contributed by atoms with Crippen LogP contribution in [0.25, 0.3) is 0 Å². The van der Waals surface area contributed by atoms with Crippen LogP contribution in [0.5, 0.6) is 0 Å². The van der Waals surface area contributed by atoms with Gasteiger partial charge in [0.05, 0.1) is 26.4 Å². The summed E-state index contributed by atoms with van der Waals surface area (Å²) >= 11 is 12.4. The normalized spacial score (nSPS) is 12.5. The largest absolute Gasteiger partial charge is 0.313 e. The second kappa shape index (κ2) is 17.0. The average Bonchev–Trinajstić information content (AvgIpc) is 3.06. The van der Waals surface area contributed by atoms with Crippen molar-refractivity contribution in [2.45, 2.75) is 27.7 Å². The first-order valence-corrected chi connectivity index (χ1v) is 24.1. The van der Waals surface area contributed by atoms with E-state index in [-0.39, 0.29) is 0 Å². The van der Waals surface area contributed by atoms with Crippen LogP contribution >= 0.6 is 27.4 Å². The molecule has 0 aliphatic carbocycles. The first-order valence-electron chi connectivity index (χ1n) is 15.0. The third-order valence-corrected chi connectivity index (χ3v) is 23.8. The summed E-state index contributed by atoms with van der Waals surface area (Å²) in [5.41, 5.74) is 0. The van der Waals surface area contributed by atoms with Gasteiger partial charge >= 0.3 is 13.3 Å². The Hall–Kier alpha value is -1.52. The fourth-order valence-electron chi connectivity index (χ4n) is 5.09. The second-order valence-electron chi connectivity index (χ2n) is 9.81. The highest BCUT2D eigenvalue weighted by Gasteiger charge is 2.40. The summed E-state index contributed by atoms with van der Waals surface area (Å²) in [6.45, 7) is 3.06. The van der Waals surface area contributed by atoms with Crippen molar-refractivity contribution < 1.29 is 18.1 Å². The third-order valence-electron chi connectivity index (χ3n) is 6.84. The lowest BCUT2D eigenvalue weighted by atomic mass is 10.4. The third kappa shape index (κ3) is 8.89. The van der Waals surface area contributed by atoms with Gasteiger partial charge in [-0.2, -0.15) is 0 Å². The first-order chi connectivity index (χ1) is 21.8. The van der Waals surface area contributed by atoms with Crippen molar-refractivity contribution in [1.82, 2.24) is 0 Å². The molecular weight excluding hydrogens is 676 g/mol. The summed E-state index contributed by atoms with van der Waals surface area (Å²) in [6, 6.07) is 41.7. The highest BCUT2D eigenvalue weighted by molar-refractivity contribution is 8.13. The van der Waals surface area contributed by atoms with E-state index in [0.29, 0.717) is 32.3 Å². The summed E-state index contributed by atoms with van der Waals surface area (Å²) < 4.78 is 36.4. The average molecular weight is 719 g/mol. The van der Waals surface area contributed by atoms with E-state index < -0.39 is 27.4 Å². The highest BCUT2D eigenvalue weighted by atomic mass is 32.5. The molecule has 0 atom stereocenters. The van der Waals surface area contributed by atoms with E-state index >= 15 is 0 Å². The van der Waals surface area contributed by atoms with Gasteiger partial charge in [0.25, 0.3) is 0 Å². The van der Waals surface area contributed by atoms with Gasteiger partial charge in [-0.15, -0.1) is 0 Å². The van der Waals surface area contributed by atoms with Crippen LogP contribution in [0.1, 0.15) is 27.7 Å². The highest BCUT2D eigenvalue weighted by Crippen LogP contribution is 2.72. The Balaban J connectivity index is 2.28. The number of nitrogens with zero attached hydrogens (tertiary/aromatic N) is 2. The molecule has 0 aromatic heterocycles. The van der Waals surface area contributed by atoms with Crippen LogP contribution in [0, 0.1) is 0 Å². The summed E-state index contributed by atoms with van der Waals surface area (Å²) in [4.78, 5) is 0. The molecule has 0 aliphatic heterocycles. The molecule has 12 heteroatoms. The Morgan fingerprint density at radius 2 is 0.644 bits per heavy atom. The minimum Gasteiger partial charge on any atom is -0.313 e. The number of hydrogen-bond acceptors (Lipinski definition) is 6. The van der Waals surface area contributed by atoms with Crippen molar-refractivity contribution in [1.29, 1.82) is 0 Å². The SMILES string of the molecule is CCOP(=S)(N=P(CP(=NP(=S)(OCC)OCC)(c1ccccc1)c1ccccc1)(c1ccccc1)c1ccccc1)OCC. The fourth-order valence-corrected chi connectivity index (χ4v) is 25.2. The number of hydrogen-bond donors (Lipinski definition) is 0. The maximum Gasteiger partial charge on any atom is 0.308 e. The van der Waals surface area contributed by atoms with Gasteiger partial charge in [0.1, 0.15) is 0 Å². The molecule has 0 spiro atoms. The summed E-state index contributed by atoms with van der Waals surface area (Å²) in [6.07, 6.45) is 0. The number of benzene rings is 4. The van der Waals surface area contributed by atoms with Gasteiger partial charge in [0, 0.05) is 20.0 Å². The molecule has 4 rings (SSSR count). The van der Waals surface area contributed by atoms with E-state index in [1.165, 1.54) is 0 Å². The van der Waals surface area contributed by atoms with Gasteiger partial charge in [-0.25, -0.2) is 9.03 Å².